The first-order valence-electron chi connectivity index (χ1n) is 5.45. The summed E-state index contributed by atoms with van der Waals surface area (Å²) in [6, 6.07) is 0. The van der Waals surface area contributed by atoms with Crippen LogP contribution in [0.1, 0.15) is 25.7 Å². The van der Waals surface area contributed by atoms with Gasteiger partial charge >= 0.3 is 5.97 Å². The van der Waals surface area contributed by atoms with E-state index in [2.05, 4.69) is 10.2 Å². The zero-order valence-corrected chi connectivity index (χ0v) is 10.9. The second kappa shape index (κ2) is 6.64. The van der Waals surface area contributed by atoms with Crippen molar-refractivity contribution in [1.29, 1.82) is 0 Å². The summed E-state index contributed by atoms with van der Waals surface area (Å²) in [5.41, 5.74) is -0.508. The summed E-state index contributed by atoms with van der Waals surface area (Å²) in [5.74, 6) is -0.620. The van der Waals surface area contributed by atoms with E-state index < -0.39 is 11.5 Å². The average molecular weight is 271 g/mol. The lowest BCUT2D eigenvalue weighted by molar-refractivity contribution is -0.158. The Morgan fingerprint density at radius 1 is 1.12 bits per heavy atom. The van der Waals surface area contributed by atoms with Gasteiger partial charge in [-0.3, -0.25) is 9.69 Å². The van der Waals surface area contributed by atoms with Gasteiger partial charge < -0.3 is 10.4 Å². The Balaban J connectivity index is 0.00000112. The molecule has 0 aromatic heterocycles. The van der Waals surface area contributed by atoms with Crippen molar-refractivity contribution in [2.75, 3.05) is 26.2 Å². The third-order valence-electron chi connectivity index (χ3n) is 3.52. The highest BCUT2D eigenvalue weighted by Crippen LogP contribution is 2.38. The molecule has 0 radical (unpaired) electrons. The van der Waals surface area contributed by atoms with E-state index >= 15 is 0 Å². The maximum absolute atomic E-state index is 11.3. The number of nitrogens with zero attached hydrogens (tertiary/aromatic N) is 1. The van der Waals surface area contributed by atoms with Crippen LogP contribution in [0.2, 0.25) is 0 Å². The molecule has 0 amide bonds. The third-order valence-corrected chi connectivity index (χ3v) is 3.52. The summed E-state index contributed by atoms with van der Waals surface area (Å²) in [4.78, 5) is 13.4. The van der Waals surface area contributed by atoms with Crippen LogP contribution in [0.5, 0.6) is 0 Å². The molecule has 2 aliphatic rings. The molecule has 1 aliphatic heterocycles. The summed E-state index contributed by atoms with van der Waals surface area (Å²) in [6.07, 6.45) is 3.80. The molecule has 1 saturated carbocycles. The number of aliphatic carboxylic acids is 1. The van der Waals surface area contributed by atoms with Crippen molar-refractivity contribution in [3.05, 3.63) is 0 Å². The van der Waals surface area contributed by atoms with Gasteiger partial charge in [0.1, 0.15) is 5.54 Å². The first-order valence-corrected chi connectivity index (χ1v) is 5.45. The lowest BCUT2D eigenvalue weighted by atomic mass is 9.75. The van der Waals surface area contributed by atoms with Crippen molar-refractivity contribution in [1.82, 2.24) is 10.2 Å². The second-order valence-corrected chi connectivity index (χ2v) is 4.28. The molecular weight excluding hydrogens is 251 g/mol. The van der Waals surface area contributed by atoms with Crippen LogP contribution in [0.4, 0.5) is 0 Å². The minimum atomic E-state index is -0.620. The Hall–Kier alpha value is -0.0300. The number of carboxylic acid groups (broad SMARTS) is 1. The Labute approximate surface area is 109 Å². The maximum atomic E-state index is 11.3. The molecule has 1 heterocycles. The predicted octanol–water partition coefficient (Wildman–Crippen LogP) is 1.13. The number of hydrogen-bond donors (Lipinski definition) is 2. The molecule has 0 bridgehead atoms. The summed E-state index contributed by atoms with van der Waals surface area (Å²) in [5, 5.41) is 12.6. The van der Waals surface area contributed by atoms with Crippen LogP contribution in [-0.2, 0) is 4.79 Å². The molecule has 1 aliphatic carbocycles. The van der Waals surface area contributed by atoms with E-state index in [0.717, 1.165) is 51.9 Å². The topological polar surface area (TPSA) is 52.6 Å². The SMILES string of the molecule is Cl.Cl.O=C(O)C1(N2CCCNCC2)CCC1. The molecular formula is C10H20Cl2N2O2. The van der Waals surface area contributed by atoms with Gasteiger partial charge in [-0.1, -0.05) is 0 Å². The van der Waals surface area contributed by atoms with Crippen molar-refractivity contribution in [3.8, 4) is 0 Å². The van der Waals surface area contributed by atoms with Gasteiger partial charge in [-0.15, -0.1) is 24.8 Å². The molecule has 0 atom stereocenters. The summed E-state index contributed by atoms with van der Waals surface area (Å²) >= 11 is 0. The zero-order valence-electron chi connectivity index (χ0n) is 9.28. The standard InChI is InChI=1S/C10H18N2O2.2ClH/c13-9(14)10(3-1-4-10)12-7-2-5-11-6-8-12;;/h11H,1-8H2,(H,13,14);2*1H. The number of hydrogen-bond acceptors (Lipinski definition) is 3. The first-order chi connectivity index (χ1) is 6.76. The third kappa shape index (κ3) is 2.80. The average Bonchev–Trinajstić information content (AvgIpc) is 2.30. The van der Waals surface area contributed by atoms with Crippen molar-refractivity contribution in [3.63, 3.8) is 0 Å². The van der Waals surface area contributed by atoms with Gasteiger partial charge in [0, 0.05) is 19.6 Å². The fourth-order valence-electron chi connectivity index (χ4n) is 2.45. The smallest absolute Gasteiger partial charge is 0.324 e. The van der Waals surface area contributed by atoms with Gasteiger partial charge in [-0.25, -0.2) is 0 Å². The molecule has 0 spiro atoms. The monoisotopic (exact) mass is 270 g/mol. The highest BCUT2D eigenvalue weighted by atomic mass is 35.5. The van der Waals surface area contributed by atoms with E-state index in [1.54, 1.807) is 0 Å². The summed E-state index contributed by atoms with van der Waals surface area (Å²) in [7, 11) is 0. The van der Waals surface area contributed by atoms with E-state index in [1.165, 1.54) is 0 Å². The lowest BCUT2D eigenvalue weighted by Gasteiger charge is -2.46. The Morgan fingerprint density at radius 3 is 2.31 bits per heavy atom. The van der Waals surface area contributed by atoms with Crippen LogP contribution in [0.15, 0.2) is 0 Å². The number of carboxylic acids is 1. The molecule has 96 valence electrons. The number of halogens is 2. The van der Waals surface area contributed by atoms with Crippen LogP contribution in [0.3, 0.4) is 0 Å². The number of rotatable bonds is 2. The molecule has 4 nitrogen and oxygen atoms in total. The molecule has 0 unspecified atom stereocenters. The van der Waals surface area contributed by atoms with Gasteiger partial charge in [0.05, 0.1) is 0 Å². The van der Waals surface area contributed by atoms with Crippen molar-refractivity contribution >= 4 is 30.8 Å². The summed E-state index contributed by atoms with van der Waals surface area (Å²) < 4.78 is 0. The number of nitrogens with one attached hydrogen (secondary N) is 1. The van der Waals surface area contributed by atoms with Crippen LogP contribution in [-0.4, -0.2) is 47.7 Å². The molecule has 2 N–H and O–H groups in total. The predicted molar refractivity (Wildman–Crippen MR) is 67.8 cm³/mol. The quantitative estimate of drug-likeness (QED) is 0.790. The Bertz CT molecular complexity index is 227. The number of carbonyl (C=O) groups is 1. The fourth-order valence-corrected chi connectivity index (χ4v) is 2.45. The largest absolute Gasteiger partial charge is 0.480 e. The minimum Gasteiger partial charge on any atom is -0.480 e. The molecule has 2 fully saturated rings. The fraction of sp³-hybridized carbons (Fsp3) is 0.900. The van der Waals surface area contributed by atoms with E-state index in [0.29, 0.717) is 0 Å². The van der Waals surface area contributed by atoms with Crippen LogP contribution in [0, 0.1) is 0 Å². The zero-order chi connectivity index (χ0) is 10.0. The Morgan fingerprint density at radius 2 is 1.81 bits per heavy atom. The molecule has 0 aromatic carbocycles. The molecule has 1 saturated heterocycles. The molecule has 2 rings (SSSR count). The minimum absolute atomic E-state index is 0. The van der Waals surface area contributed by atoms with E-state index in [-0.39, 0.29) is 24.8 Å². The van der Waals surface area contributed by atoms with Crippen molar-refractivity contribution in [2.45, 2.75) is 31.2 Å². The Kier molecular flexibility index (Phi) is 6.63. The van der Waals surface area contributed by atoms with Gasteiger partial charge in [0.2, 0.25) is 0 Å². The highest BCUT2D eigenvalue weighted by Gasteiger charge is 2.48. The van der Waals surface area contributed by atoms with Crippen molar-refractivity contribution < 1.29 is 9.90 Å². The van der Waals surface area contributed by atoms with E-state index in [1.807, 2.05) is 0 Å². The van der Waals surface area contributed by atoms with Gasteiger partial charge in [-0.2, -0.15) is 0 Å². The van der Waals surface area contributed by atoms with Gasteiger partial charge in [0.25, 0.3) is 0 Å². The second-order valence-electron chi connectivity index (χ2n) is 4.28. The molecule has 16 heavy (non-hydrogen) atoms. The van der Waals surface area contributed by atoms with Crippen LogP contribution < -0.4 is 5.32 Å². The van der Waals surface area contributed by atoms with E-state index in [9.17, 15) is 9.90 Å². The van der Waals surface area contributed by atoms with Gasteiger partial charge in [0.15, 0.2) is 0 Å². The lowest BCUT2D eigenvalue weighted by Crippen LogP contribution is -2.60. The van der Waals surface area contributed by atoms with Gasteiger partial charge in [-0.05, 0) is 32.2 Å². The van der Waals surface area contributed by atoms with E-state index in [4.69, 9.17) is 0 Å². The summed E-state index contributed by atoms with van der Waals surface area (Å²) in [6.45, 7) is 3.76. The van der Waals surface area contributed by atoms with Crippen LogP contribution in [0.25, 0.3) is 0 Å². The van der Waals surface area contributed by atoms with Crippen LogP contribution >= 0.6 is 24.8 Å². The normalized spacial score (nSPS) is 24.2. The molecule has 6 heteroatoms. The van der Waals surface area contributed by atoms with Crippen molar-refractivity contribution in [2.24, 2.45) is 0 Å². The maximum Gasteiger partial charge on any atom is 0.324 e. The first kappa shape index (κ1) is 16.0. The highest BCUT2D eigenvalue weighted by molar-refractivity contribution is 5.85. The molecule has 0 aromatic rings.